The van der Waals surface area contributed by atoms with Crippen LogP contribution in [0.3, 0.4) is 0 Å². The minimum atomic E-state index is -0.777. The summed E-state index contributed by atoms with van der Waals surface area (Å²) in [5.74, 6) is -0.898. The highest BCUT2D eigenvalue weighted by Gasteiger charge is 2.19. The molecule has 0 aliphatic heterocycles. The predicted octanol–water partition coefficient (Wildman–Crippen LogP) is 16.1. The highest BCUT2D eigenvalue weighted by atomic mass is 16.6. The fourth-order valence-electron chi connectivity index (χ4n) is 6.99. The minimum Gasteiger partial charge on any atom is -0.462 e. The molecule has 58 heavy (non-hydrogen) atoms. The van der Waals surface area contributed by atoms with Crippen LogP contribution >= 0.6 is 0 Å². The summed E-state index contributed by atoms with van der Waals surface area (Å²) in [5, 5.41) is 0. The van der Waals surface area contributed by atoms with E-state index in [0.717, 1.165) is 77.0 Å². The lowest BCUT2D eigenvalue weighted by Gasteiger charge is -2.18. The van der Waals surface area contributed by atoms with Crippen LogP contribution in [-0.2, 0) is 28.6 Å². The van der Waals surface area contributed by atoms with E-state index in [-0.39, 0.29) is 31.1 Å². The maximum atomic E-state index is 12.7. The van der Waals surface area contributed by atoms with E-state index in [1.807, 2.05) is 0 Å². The van der Waals surface area contributed by atoms with Crippen molar-refractivity contribution in [3.05, 3.63) is 36.5 Å². The molecule has 0 saturated heterocycles. The predicted molar refractivity (Wildman–Crippen MR) is 247 cm³/mol. The number of ether oxygens (including phenoxy) is 3. The maximum absolute atomic E-state index is 12.7. The summed E-state index contributed by atoms with van der Waals surface area (Å²) < 4.78 is 16.7. The molecule has 0 aliphatic rings. The Kier molecular flexibility index (Phi) is 45.4. The second-order valence-electron chi connectivity index (χ2n) is 16.7. The first-order valence-electron chi connectivity index (χ1n) is 25.0. The molecule has 0 saturated carbocycles. The van der Waals surface area contributed by atoms with Crippen LogP contribution in [0.5, 0.6) is 0 Å². The number of carbonyl (C=O) groups is 3. The Balaban J connectivity index is 4.31. The van der Waals surface area contributed by atoms with E-state index in [9.17, 15) is 14.4 Å². The molecule has 0 spiro atoms. The van der Waals surface area contributed by atoms with Crippen molar-refractivity contribution in [3.63, 3.8) is 0 Å². The van der Waals surface area contributed by atoms with Crippen molar-refractivity contribution in [1.29, 1.82) is 0 Å². The van der Waals surface area contributed by atoms with Gasteiger partial charge in [-0.05, 0) is 83.5 Å². The third-order valence-corrected chi connectivity index (χ3v) is 10.8. The van der Waals surface area contributed by atoms with Crippen LogP contribution in [0.4, 0.5) is 0 Å². The second kappa shape index (κ2) is 47.3. The van der Waals surface area contributed by atoms with E-state index >= 15 is 0 Å². The van der Waals surface area contributed by atoms with Crippen molar-refractivity contribution < 1.29 is 28.6 Å². The molecule has 6 nitrogen and oxygen atoms in total. The van der Waals surface area contributed by atoms with Gasteiger partial charge in [-0.1, -0.05) is 192 Å². The summed E-state index contributed by atoms with van der Waals surface area (Å²) in [4.78, 5) is 37.8. The van der Waals surface area contributed by atoms with Crippen molar-refractivity contribution in [2.75, 3.05) is 13.2 Å². The van der Waals surface area contributed by atoms with Gasteiger partial charge in [-0.25, -0.2) is 0 Å². The molecular formula is C52H94O6. The molecule has 0 rings (SSSR count). The zero-order valence-corrected chi connectivity index (χ0v) is 38.6. The first kappa shape index (κ1) is 55.6. The summed E-state index contributed by atoms with van der Waals surface area (Å²) in [7, 11) is 0. The van der Waals surface area contributed by atoms with Crippen LogP contribution < -0.4 is 0 Å². The number of esters is 3. The van der Waals surface area contributed by atoms with Gasteiger partial charge in [0.05, 0.1) is 0 Å². The third-order valence-electron chi connectivity index (χ3n) is 10.8. The van der Waals surface area contributed by atoms with Crippen molar-refractivity contribution >= 4 is 17.9 Å². The number of hydrogen-bond acceptors (Lipinski definition) is 6. The van der Waals surface area contributed by atoms with E-state index in [4.69, 9.17) is 14.2 Å². The lowest BCUT2D eigenvalue weighted by atomic mass is 10.1. The molecule has 0 fully saturated rings. The molecule has 338 valence electrons. The van der Waals surface area contributed by atoms with Gasteiger partial charge in [0.25, 0.3) is 0 Å². The molecule has 6 heteroatoms. The van der Waals surface area contributed by atoms with Gasteiger partial charge in [-0.2, -0.15) is 0 Å². The van der Waals surface area contributed by atoms with Crippen LogP contribution in [-0.4, -0.2) is 37.2 Å². The van der Waals surface area contributed by atoms with Gasteiger partial charge in [0.1, 0.15) is 13.2 Å². The number of rotatable bonds is 45. The molecule has 0 aromatic heterocycles. The molecule has 0 radical (unpaired) electrons. The lowest BCUT2D eigenvalue weighted by molar-refractivity contribution is -0.167. The van der Waals surface area contributed by atoms with Crippen molar-refractivity contribution in [2.24, 2.45) is 0 Å². The molecule has 0 aliphatic carbocycles. The zero-order chi connectivity index (χ0) is 42.3. The van der Waals surface area contributed by atoms with Crippen molar-refractivity contribution in [3.8, 4) is 0 Å². The molecule has 0 aromatic carbocycles. The van der Waals surface area contributed by atoms with Crippen LogP contribution in [0.1, 0.15) is 258 Å². The number of allylic oxidation sites excluding steroid dienone is 6. The highest BCUT2D eigenvalue weighted by Crippen LogP contribution is 2.14. The van der Waals surface area contributed by atoms with Crippen molar-refractivity contribution in [1.82, 2.24) is 0 Å². The van der Waals surface area contributed by atoms with Gasteiger partial charge in [0.2, 0.25) is 0 Å². The smallest absolute Gasteiger partial charge is 0.306 e. The summed E-state index contributed by atoms with van der Waals surface area (Å²) >= 11 is 0. The van der Waals surface area contributed by atoms with E-state index in [1.165, 1.54) is 141 Å². The number of unbranched alkanes of at least 4 members (excludes halogenated alkanes) is 28. The third kappa shape index (κ3) is 44.7. The van der Waals surface area contributed by atoms with E-state index in [1.54, 1.807) is 0 Å². The SMILES string of the molecule is CCCC/C=C\CCCCCCCC(=O)OCC(COC(=O)CCCCCCCCC/C=C\CCCCCCCCC)OC(=O)CCCCCCC/C=C\CCCC. The molecule has 1 unspecified atom stereocenters. The highest BCUT2D eigenvalue weighted by molar-refractivity contribution is 5.71. The Bertz CT molecular complexity index is 984. The summed E-state index contributed by atoms with van der Waals surface area (Å²) in [6.45, 7) is 6.55. The topological polar surface area (TPSA) is 78.9 Å². The molecule has 0 amide bonds. The van der Waals surface area contributed by atoms with Gasteiger partial charge in [-0.15, -0.1) is 0 Å². The number of carbonyl (C=O) groups excluding carboxylic acids is 3. The van der Waals surface area contributed by atoms with Crippen LogP contribution in [0.25, 0.3) is 0 Å². The Morgan fingerprint density at radius 2 is 0.586 bits per heavy atom. The van der Waals surface area contributed by atoms with E-state index in [2.05, 4.69) is 57.2 Å². The first-order valence-corrected chi connectivity index (χ1v) is 25.0. The van der Waals surface area contributed by atoms with Crippen LogP contribution in [0, 0.1) is 0 Å². The normalized spacial score (nSPS) is 12.3. The molecular weight excluding hydrogens is 721 g/mol. The van der Waals surface area contributed by atoms with Gasteiger partial charge in [-0.3, -0.25) is 14.4 Å². The van der Waals surface area contributed by atoms with Gasteiger partial charge < -0.3 is 14.2 Å². The Morgan fingerprint density at radius 1 is 0.328 bits per heavy atom. The average molecular weight is 815 g/mol. The Morgan fingerprint density at radius 3 is 0.914 bits per heavy atom. The first-order chi connectivity index (χ1) is 28.5. The fraction of sp³-hybridized carbons (Fsp3) is 0.827. The summed E-state index contributed by atoms with van der Waals surface area (Å²) in [5.41, 5.74) is 0. The van der Waals surface area contributed by atoms with Crippen molar-refractivity contribution in [2.45, 2.75) is 264 Å². The van der Waals surface area contributed by atoms with Gasteiger partial charge in [0, 0.05) is 19.3 Å². The molecule has 0 heterocycles. The quantitative estimate of drug-likeness (QED) is 0.0264. The minimum absolute atomic E-state index is 0.0794. The Hall–Kier alpha value is -2.37. The van der Waals surface area contributed by atoms with Crippen LogP contribution in [0.15, 0.2) is 36.5 Å². The molecule has 1 atom stereocenters. The maximum Gasteiger partial charge on any atom is 0.306 e. The second-order valence-corrected chi connectivity index (χ2v) is 16.7. The molecule has 0 N–H and O–H groups in total. The largest absolute Gasteiger partial charge is 0.462 e. The Labute approximate surface area is 359 Å². The van der Waals surface area contributed by atoms with E-state index < -0.39 is 6.10 Å². The summed E-state index contributed by atoms with van der Waals surface area (Å²) in [6.07, 6.45) is 54.1. The van der Waals surface area contributed by atoms with E-state index in [0.29, 0.717) is 19.3 Å². The van der Waals surface area contributed by atoms with Gasteiger partial charge in [0.15, 0.2) is 6.10 Å². The standard InChI is InChI=1S/C52H94O6/c1-4-7-10-13-16-19-22-23-24-25-26-27-28-31-33-36-39-42-45-51(54)57-48-49(58-52(55)46-43-40-37-34-30-21-18-15-12-9-6-3)47-56-50(53)44-41-38-35-32-29-20-17-14-11-8-5-2/h14-15,17-18,24-25,49H,4-13,16,19-23,26-48H2,1-3H3/b17-14-,18-15-,25-24-. The molecule has 0 bridgehead atoms. The number of hydrogen-bond donors (Lipinski definition) is 0. The lowest BCUT2D eigenvalue weighted by Crippen LogP contribution is -2.30. The molecule has 0 aromatic rings. The van der Waals surface area contributed by atoms with Gasteiger partial charge >= 0.3 is 17.9 Å². The van der Waals surface area contributed by atoms with Crippen LogP contribution in [0.2, 0.25) is 0 Å². The zero-order valence-electron chi connectivity index (χ0n) is 38.6. The monoisotopic (exact) mass is 815 g/mol. The average Bonchev–Trinajstić information content (AvgIpc) is 3.22. The fourth-order valence-corrected chi connectivity index (χ4v) is 6.99. The summed E-state index contributed by atoms with van der Waals surface area (Å²) in [6, 6.07) is 0.